The Bertz CT molecular complexity index is 204. The van der Waals surface area contributed by atoms with Crippen LogP contribution in [0.4, 0.5) is 0 Å². The second kappa shape index (κ2) is 12.7. The molecule has 0 saturated heterocycles. The first-order chi connectivity index (χ1) is 9.64. The van der Waals surface area contributed by atoms with E-state index in [1.807, 2.05) is 20.8 Å². The standard InChI is InChI=1S/C14H34N2O3Si/c1-5-10-14(15)13-16-11-9-12-20(17-6-2,18-7-3)19-8-4/h14,16H,5-13,15H2,1-4H3. The van der Waals surface area contributed by atoms with E-state index in [9.17, 15) is 0 Å². The normalized spacial score (nSPS) is 13.7. The van der Waals surface area contributed by atoms with Crippen LogP contribution in [0.25, 0.3) is 0 Å². The van der Waals surface area contributed by atoms with E-state index in [1.165, 1.54) is 0 Å². The van der Waals surface area contributed by atoms with Gasteiger partial charge in [0.2, 0.25) is 0 Å². The fourth-order valence-corrected chi connectivity index (χ4v) is 4.80. The van der Waals surface area contributed by atoms with Crippen molar-refractivity contribution in [3.05, 3.63) is 0 Å². The maximum absolute atomic E-state index is 5.97. The third-order valence-corrected chi connectivity index (χ3v) is 6.15. The van der Waals surface area contributed by atoms with Crippen molar-refractivity contribution in [2.75, 3.05) is 32.9 Å². The van der Waals surface area contributed by atoms with E-state index in [-0.39, 0.29) is 6.04 Å². The first-order valence-electron chi connectivity index (χ1n) is 8.02. The molecular formula is C14H34N2O3Si. The molecule has 20 heavy (non-hydrogen) atoms. The molecule has 0 aromatic heterocycles. The molecule has 0 rings (SSSR count). The van der Waals surface area contributed by atoms with Gasteiger partial charge >= 0.3 is 8.80 Å². The van der Waals surface area contributed by atoms with E-state index in [0.29, 0.717) is 19.8 Å². The van der Waals surface area contributed by atoms with Gasteiger partial charge in [0.1, 0.15) is 0 Å². The van der Waals surface area contributed by atoms with Gasteiger partial charge < -0.3 is 24.3 Å². The quantitative estimate of drug-likeness (QED) is 0.380. The fourth-order valence-electron chi connectivity index (χ4n) is 2.19. The highest BCUT2D eigenvalue weighted by molar-refractivity contribution is 6.60. The van der Waals surface area contributed by atoms with Crippen LogP contribution in [0, 0.1) is 0 Å². The number of hydrogen-bond donors (Lipinski definition) is 2. The van der Waals surface area contributed by atoms with Gasteiger partial charge in [-0.2, -0.15) is 0 Å². The van der Waals surface area contributed by atoms with Crippen molar-refractivity contribution in [3.8, 4) is 0 Å². The zero-order chi connectivity index (χ0) is 15.3. The Morgan fingerprint density at radius 1 is 1.00 bits per heavy atom. The van der Waals surface area contributed by atoms with Crippen molar-refractivity contribution in [2.45, 2.75) is 59.0 Å². The molecule has 1 atom stereocenters. The maximum atomic E-state index is 5.97. The zero-order valence-electron chi connectivity index (χ0n) is 13.7. The highest BCUT2D eigenvalue weighted by atomic mass is 28.4. The zero-order valence-corrected chi connectivity index (χ0v) is 14.7. The van der Waals surface area contributed by atoms with Crippen molar-refractivity contribution >= 4 is 8.80 Å². The van der Waals surface area contributed by atoms with E-state index in [2.05, 4.69) is 12.2 Å². The van der Waals surface area contributed by atoms with Gasteiger partial charge in [-0.15, -0.1) is 0 Å². The Morgan fingerprint density at radius 2 is 1.55 bits per heavy atom. The average molecular weight is 307 g/mol. The minimum Gasteiger partial charge on any atom is -0.374 e. The largest absolute Gasteiger partial charge is 0.500 e. The van der Waals surface area contributed by atoms with Crippen molar-refractivity contribution in [1.29, 1.82) is 0 Å². The minimum atomic E-state index is -2.46. The molecule has 0 aromatic carbocycles. The van der Waals surface area contributed by atoms with Gasteiger partial charge in [-0.1, -0.05) is 13.3 Å². The highest BCUT2D eigenvalue weighted by Gasteiger charge is 2.39. The molecular weight excluding hydrogens is 272 g/mol. The summed E-state index contributed by atoms with van der Waals surface area (Å²) in [5.41, 5.74) is 5.97. The SMILES string of the molecule is CCCC(N)CNCCC[Si](OCC)(OCC)OCC. The van der Waals surface area contributed by atoms with Crippen LogP contribution in [0.15, 0.2) is 0 Å². The second-order valence-corrected chi connectivity index (χ2v) is 7.57. The number of rotatable bonds is 14. The van der Waals surface area contributed by atoms with E-state index < -0.39 is 8.80 Å². The molecule has 0 amide bonds. The molecule has 0 fully saturated rings. The third kappa shape index (κ3) is 9.04. The lowest BCUT2D eigenvalue weighted by Gasteiger charge is -2.28. The summed E-state index contributed by atoms with van der Waals surface area (Å²) < 4.78 is 17.5. The minimum absolute atomic E-state index is 0.257. The van der Waals surface area contributed by atoms with Crippen LogP contribution in [0.2, 0.25) is 6.04 Å². The van der Waals surface area contributed by atoms with Crippen LogP contribution in [0.3, 0.4) is 0 Å². The Hall–Kier alpha value is 0.0169. The van der Waals surface area contributed by atoms with Gasteiger partial charge in [0.05, 0.1) is 0 Å². The summed E-state index contributed by atoms with van der Waals surface area (Å²) in [7, 11) is -2.46. The van der Waals surface area contributed by atoms with E-state index in [0.717, 1.165) is 38.4 Å². The third-order valence-electron chi connectivity index (χ3n) is 3.00. The van der Waals surface area contributed by atoms with Crippen LogP contribution in [0.5, 0.6) is 0 Å². The summed E-state index contributed by atoms with van der Waals surface area (Å²) in [4.78, 5) is 0. The summed E-state index contributed by atoms with van der Waals surface area (Å²) in [5, 5.41) is 3.40. The van der Waals surface area contributed by atoms with Gasteiger partial charge in [0, 0.05) is 38.5 Å². The Kier molecular flexibility index (Phi) is 12.7. The number of nitrogens with two attached hydrogens (primary N) is 1. The van der Waals surface area contributed by atoms with Crippen LogP contribution < -0.4 is 11.1 Å². The van der Waals surface area contributed by atoms with Gasteiger partial charge in [0.15, 0.2) is 0 Å². The molecule has 0 bridgehead atoms. The van der Waals surface area contributed by atoms with E-state index in [1.54, 1.807) is 0 Å². The van der Waals surface area contributed by atoms with Gasteiger partial charge in [-0.25, -0.2) is 0 Å². The molecule has 3 N–H and O–H groups in total. The predicted octanol–water partition coefficient (Wildman–Crippen LogP) is 2.14. The lowest BCUT2D eigenvalue weighted by atomic mass is 10.2. The van der Waals surface area contributed by atoms with Crippen molar-refractivity contribution in [3.63, 3.8) is 0 Å². The van der Waals surface area contributed by atoms with Crippen molar-refractivity contribution in [1.82, 2.24) is 5.32 Å². The van der Waals surface area contributed by atoms with Crippen molar-refractivity contribution < 1.29 is 13.3 Å². The fraction of sp³-hybridized carbons (Fsp3) is 1.00. The molecule has 0 heterocycles. The summed E-state index contributed by atoms with van der Waals surface area (Å²) in [6.45, 7) is 11.8. The molecule has 122 valence electrons. The monoisotopic (exact) mass is 306 g/mol. The molecule has 0 radical (unpaired) electrons. The first-order valence-corrected chi connectivity index (χ1v) is 9.95. The van der Waals surface area contributed by atoms with Crippen LogP contribution in [-0.4, -0.2) is 47.8 Å². The smallest absolute Gasteiger partial charge is 0.374 e. The molecule has 0 aliphatic heterocycles. The van der Waals surface area contributed by atoms with Crippen LogP contribution in [0.1, 0.15) is 47.0 Å². The second-order valence-electron chi connectivity index (χ2n) is 4.84. The lowest BCUT2D eigenvalue weighted by molar-refractivity contribution is 0.0708. The maximum Gasteiger partial charge on any atom is 0.500 e. The molecule has 0 aliphatic carbocycles. The summed E-state index contributed by atoms with van der Waals surface area (Å²) in [6, 6.07) is 1.12. The Balaban J connectivity index is 3.99. The van der Waals surface area contributed by atoms with Gasteiger partial charge in [-0.05, 0) is 40.2 Å². The Morgan fingerprint density at radius 3 is 2.00 bits per heavy atom. The molecule has 0 saturated carbocycles. The molecule has 1 unspecified atom stereocenters. The topological polar surface area (TPSA) is 65.7 Å². The van der Waals surface area contributed by atoms with Gasteiger partial charge in [0.25, 0.3) is 0 Å². The highest BCUT2D eigenvalue weighted by Crippen LogP contribution is 2.17. The molecule has 0 aliphatic rings. The number of nitrogens with one attached hydrogen (secondary N) is 1. The van der Waals surface area contributed by atoms with Crippen LogP contribution >= 0.6 is 0 Å². The summed E-state index contributed by atoms with van der Waals surface area (Å²) >= 11 is 0. The predicted molar refractivity (Wildman–Crippen MR) is 85.8 cm³/mol. The molecule has 0 spiro atoms. The Labute approximate surface area is 125 Å². The van der Waals surface area contributed by atoms with E-state index in [4.69, 9.17) is 19.0 Å². The molecule has 0 aromatic rings. The lowest BCUT2D eigenvalue weighted by Crippen LogP contribution is -2.46. The molecule has 6 heteroatoms. The van der Waals surface area contributed by atoms with E-state index >= 15 is 0 Å². The first kappa shape index (κ1) is 20.0. The summed E-state index contributed by atoms with van der Waals surface area (Å²) in [6.07, 6.45) is 3.20. The van der Waals surface area contributed by atoms with Gasteiger partial charge in [-0.3, -0.25) is 0 Å². The summed E-state index contributed by atoms with van der Waals surface area (Å²) in [5.74, 6) is 0. The van der Waals surface area contributed by atoms with Crippen molar-refractivity contribution in [2.24, 2.45) is 5.73 Å². The molecule has 5 nitrogen and oxygen atoms in total. The van der Waals surface area contributed by atoms with Crippen LogP contribution in [-0.2, 0) is 13.3 Å². The number of hydrogen-bond acceptors (Lipinski definition) is 5. The average Bonchev–Trinajstić information content (AvgIpc) is 2.39.